The molecule has 0 aromatic rings. The van der Waals surface area contributed by atoms with Crippen molar-refractivity contribution in [1.29, 1.82) is 0 Å². The average molecular weight is 225 g/mol. The predicted octanol–water partition coefficient (Wildman–Crippen LogP) is 1.62. The number of carbonyl (C=O) groups is 1. The number of alkyl halides is 3. The fourth-order valence-corrected chi connectivity index (χ4v) is 1.03. The molecule has 0 radical (unpaired) electrons. The Hall–Kier alpha value is -0.780. The van der Waals surface area contributed by atoms with Crippen molar-refractivity contribution in [2.75, 3.05) is 0 Å². The molecule has 15 heavy (non-hydrogen) atoms. The van der Waals surface area contributed by atoms with Gasteiger partial charge in [0.25, 0.3) is 0 Å². The topological polar surface area (TPSA) is 38.3 Å². The van der Waals surface area contributed by atoms with Crippen LogP contribution in [0.15, 0.2) is 0 Å². The minimum Gasteiger partial charge on any atom is -0.373 e. The maximum atomic E-state index is 11.9. The van der Waals surface area contributed by atoms with Gasteiger partial charge in [-0.15, -0.1) is 0 Å². The summed E-state index contributed by atoms with van der Waals surface area (Å²) in [5.41, 5.74) is 0. The zero-order valence-electron chi connectivity index (χ0n) is 8.60. The van der Waals surface area contributed by atoms with Crippen LogP contribution in [0.5, 0.6) is 0 Å². The lowest BCUT2D eigenvalue weighted by atomic mass is 10.2. The van der Waals surface area contributed by atoms with Gasteiger partial charge in [0, 0.05) is 0 Å². The number of rotatable bonds is 4. The number of nitrogens with one attached hydrogen (secondary N) is 1. The lowest BCUT2D eigenvalue weighted by molar-refractivity contribution is -0.175. The maximum absolute atomic E-state index is 11.9. The van der Waals surface area contributed by atoms with Gasteiger partial charge in [-0.2, -0.15) is 13.2 Å². The molecular formula is C9H14F3NO2. The van der Waals surface area contributed by atoms with E-state index < -0.39 is 24.2 Å². The maximum Gasteiger partial charge on any atom is 0.471 e. The van der Waals surface area contributed by atoms with Gasteiger partial charge in [-0.25, -0.2) is 0 Å². The van der Waals surface area contributed by atoms with Crippen LogP contribution >= 0.6 is 0 Å². The van der Waals surface area contributed by atoms with E-state index in [9.17, 15) is 18.0 Å². The average Bonchev–Trinajstić information content (AvgIpc) is 2.86. The Morgan fingerprint density at radius 3 is 2.33 bits per heavy atom. The van der Waals surface area contributed by atoms with E-state index in [1.165, 1.54) is 6.92 Å². The molecule has 6 heteroatoms. The zero-order valence-corrected chi connectivity index (χ0v) is 8.60. The van der Waals surface area contributed by atoms with Gasteiger partial charge in [0.2, 0.25) is 0 Å². The van der Waals surface area contributed by atoms with Crippen molar-refractivity contribution >= 4 is 5.91 Å². The summed E-state index contributed by atoms with van der Waals surface area (Å²) in [6.45, 7) is 3.15. The molecule has 1 N–H and O–H groups in total. The molecule has 3 nitrogen and oxygen atoms in total. The molecule has 0 aromatic heterocycles. The highest BCUT2D eigenvalue weighted by Crippen LogP contribution is 2.25. The van der Waals surface area contributed by atoms with Gasteiger partial charge >= 0.3 is 12.1 Å². The van der Waals surface area contributed by atoms with E-state index >= 15 is 0 Å². The Bertz CT molecular complexity index is 238. The van der Waals surface area contributed by atoms with Gasteiger partial charge in [0.05, 0.1) is 18.2 Å². The number of ether oxygens (including phenoxy) is 1. The number of carbonyl (C=O) groups excluding carboxylic acids is 1. The first kappa shape index (κ1) is 12.3. The van der Waals surface area contributed by atoms with Gasteiger partial charge in [0.15, 0.2) is 0 Å². The second-order valence-electron chi connectivity index (χ2n) is 3.80. The summed E-state index contributed by atoms with van der Waals surface area (Å²) in [6, 6.07) is -0.639. The van der Waals surface area contributed by atoms with E-state index in [-0.39, 0.29) is 6.10 Å². The molecule has 1 fully saturated rings. The van der Waals surface area contributed by atoms with Crippen LogP contribution in [0.4, 0.5) is 13.2 Å². The number of hydrogen-bond donors (Lipinski definition) is 1. The summed E-state index contributed by atoms with van der Waals surface area (Å²) in [5, 5.41) is 1.86. The summed E-state index contributed by atoms with van der Waals surface area (Å²) in [4.78, 5) is 10.6. The molecule has 0 aliphatic heterocycles. The number of amides is 1. The molecule has 0 saturated heterocycles. The standard InChI is InChI=1S/C9H14F3NO2/c1-5(6(2)15-7-3-4-7)13-8(14)9(10,11)12/h5-7H,3-4H2,1-2H3,(H,13,14). The van der Waals surface area contributed by atoms with Crippen LogP contribution < -0.4 is 5.32 Å². The smallest absolute Gasteiger partial charge is 0.373 e. The normalized spacial score (nSPS) is 20.9. The Labute approximate surface area is 86.0 Å². The van der Waals surface area contributed by atoms with Gasteiger partial charge in [-0.05, 0) is 26.7 Å². The van der Waals surface area contributed by atoms with Gasteiger partial charge in [-0.1, -0.05) is 0 Å². The van der Waals surface area contributed by atoms with E-state index in [1.807, 2.05) is 5.32 Å². The lowest BCUT2D eigenvalue weighted by Gasteiger charge is -2.22. The molecule has 2 unspecified atom stereocenters. The third-order valence-electron chi connectivity index (χ3n) is 2.25. The molecule has 0 heterocycles. The molecule has 88 valence electrons. The Balaban J connectivity index is 2.32. The van der Waals surface area contributed by atoms with Crippen molar-refractivity contribution in [3.05, 3.63) is 0 Å². The van der Waals surface area contributed by atoms with Crippen LogP contribution in [-0.4, -0.2) is 30.3 Å². The Morgan fingerprint density at radius 2 is 1.93 bits per heavy atom. The van der Waals surface area contributed by atoms with E-state index in [1.54, 1.807) is 6.92 Å². The summed E-state index contributed by atoms with van der Waals surface area (Å²) in [6.07, 6.45) is -3.17. The molecule has 1 aliphatic carbocycles. The van der Waals surface area contributed by atoms with Crippen molar-refractivity contribution < 1.29 is 22.7 Å². The van der Waals surface area contributed by atoms with Crippen LogP contribution in [0.1, 0.15) is 26.7 Å². The third kappa shape index (κ3) is 4.07. The Kier molecular flexibility index (Phi) is 3.59. The van der Waals surface area contributed by atoms with Crippen LogP contribution in [0.3, 0.4) is 0 Å². The molecular weight excluding hydrogens is 211 g/mol. The van der Waals surface area contributed by atoms with Crippen molar-refractivity contribution in [3.8, 4) is 0 Å². The predicted molar refractivity (Wildman–Crippen MR) is 47.2 cm³/mol. The van der Waals surface area contributed by atoms with Crippen LogP contribution in [0.2, 0.25) is 0 Å². The fraction of sp³-hybridized carbons (Fsp3) is 0.889. The molecule has 1 aliphatic rings. The summed E-state index contributed by atoms with van der Waals surface area (Å²) in [7, 11) is 0. The van der Waals surface area contributed by atoms with E-state index in [2.05, 4.69) is 0 Å². The van der Waals surface area contributed by atoms with Crippen molar-refractivity contribution in [1.82, 2.24) is 5.32 Å². The summed E-state index contributed by atoms with van der Waals surface area (Å²) in [5.74, 6) is -1.92. The second-order valence-corrected chi connectivity index (χ2v) is 3.80. The molecule has 0 spiro atoms. The minimum absolute atomic E-state index is 0.158. The van der Waals surface area contributed by atoms with Crippen LogP contribution in [-0.2, 0) is 9.53 Å². The summed E-state index contributed by atoms with van der Waals surface area (Å²) >= 11 is 0. The van der Waals surface area contributed by atoms with E-state index in [0.29, 0.717) is 0 Å². The molecule has 0 aromatic carbocycles. The zero-order chi connectivity index (χ0) is 11.6. The summed E-state index contributed by atoms with van der Waals surface area (Å²) < 4.78 is 41.0. The lowest BCUT2D eigenvalue weighted by Crippen LogP contribution is -2.47. The van der Waals surface area contributed by atoms with Crippen molar-refractivity contribution in [3.63, 3.8) is 0 Å². The van der Waals surface area contributed by atoms with Crippen molar-refractivity contribution in [2.45, 2.75) is 51.1 Å². The highest BCUT2D eigenvalue weighted by atomic mass is 19.4. The van der Waals surface area contributed by atoms with Gasteiger partial charge in [-0.3, -0.25) is 4.79 Å². The first-order valence-corrected chi connectivity index (χ1v) is 4.84. The largest absolute Gasteiger partial charge is 0.471 e. The van der Waals surface area contributed by atoms with E-state index in [0.717, 1.165) is 12.8 Å². The van der Waals surface area contributed by atoms with Crippen LogP contribution in [0, 0.1) is 0 Å². The molecule has 1 rings (SSSR count). The molecule has 1 saturated carbocycles. The number of hydrogen-bond acceptors (Lipinski definition) is 2. The molecule has 1 amide bonds. The number of halogens is 3. The first-order valence-electron chi connectivity index (χ1n) is 4.84. The highest BCUT2D eigenvalue weighted by Gasteiger charge is 2.40. The third-order valence-corrected chi connectivity index (χ3v) is 2.25. The molecule has 0 bridgehead atoms. The SMILES string of the molecule is CC(NC(=O)C(F)(F)F)C(C)OC1CC1. The monoisotopic (exact) mass is 225 g/mol. The van der Waals surface area contributed by atoms with E-state index in [4.69, 9.17) is 4.74 Å². The van der Waals surface area contributed by atoms with Gasteiger partial charge in [0.1, 0.15) is 0 Å². The second kappa shape index (κ2) is 4.38. The van der Waals surface area contributed by atoms with Crippen molar-refractivity contribution in [2.24, 2.45) is 0 Å². The fourth-order valence-electron chi connectivity index (χ4n) is 1.03. The minimum atomic E-state index is -4.83. The molecule has 2 atom stereocenters. The highest BCUT2D eigenvalue weighted by molar-refractivity contribution is 5.81. The quantitative estimate of drug-likeness (QED) is 0.789. The van der Waals surface area contributed by atoms with Crippen LogP contribution in [0.25, 0.3) is 0 Å². The van der Waals surface area contributed by atoms with Gasteiger partial charge < -0.3 is 10.1 Å². The first-order chi connectivity index (χ1) is 6.80. The Morgan fingerprint density at radius 1 is 1.40 bits per heavy atom.